The minimum absolute atomic E-state index is 0.123. The number of nitrogens with zero attached hydrogens (tertiary/aromatic N) is 3. The lowest BCUT2D eigenvalue weighted by Crippen LogP contribution is -2.35. The number of carbonyl (C=O) groups is 1. The van der Waals surface area contributed by atoms with Gasteiger partial charge in [-0.2, -0.15) is 18.3 Å². The summed E-state index contributed by atoms with van der Waals surface area (Å²) in [4.78, 5) is 26.5. The third kappa shape index (κ3) is 3.87. The van der Waals surface area contributed by atoms with Gasteiger partial charge in [-0.3, -0.25) is 9.59 Å². The maximum absolute atomic E-state index is 13.0. The molecule has 1 aromatic carbocycles. The third-order valence-corrected chi connectivity index (χ3v) is 4.63. The fraction of sp³-hybridized carbons (Fsp3) is 0.389. The van der Waals surface area contributed by atoms with E-state index in [1.54, 1.807) is 6.92 Å². The smallest absolute Gasteiger partial charge is 0.337 e. The molecule has 1 aliphatic heterocycles. The van der Waals surface area contributed by atoms with Gasteiger partial charge in [0.2, 0.25) is 5.43 Å². The van der Waals surface area contributed by atoms with E-state index in [2.05, 4.69) is 5.10 Å². The molecule has 0 bridgehead atoms. The highest BCUT2D eigenvalue weighted by atomic mass is 19.4. The first-order chi connectivity index (χ1) is 12.7. The average molecular weight is 380 g/mol. The zero-order valence-corrected chi connectivity index (χ0v) is 14.7. The first kappa shape index (κ1) is 19.1. The van der Waals surface area contributed by atoms with Crippen molar-refractivity contribution in [2.24, 2.45) is 11.7 Å². The van der Waals surface area contributed by atoms with E-state index < -0.39 is 23.1 Å². The third-order valence-electron chi connectivity index (χ3n) is 4.63. The van der Waals surface area contributed by atoms with E-state index in [9.17, 15) is 22.8 Å². The molecule has 0 aliphatic carbocycles. The molecule has 2 aromatic rings. The first-order valence-corrected chi connectivity index (χ1v) is 8.48. The van der Waals surface area contributed by atoms with Crippen LogP contribution in [0.4, 0.5) is 13.2 Å². The molecule has 0 saturated carbocycles. The number of aryl methyl sites for hydroxylation is 1. The number of likely N-dealkylation sites (tertiary alicyclic amines) is 1. The van der Waals surface area contributed by atoms with Gasteiger partial charge in [0.15, 0.2) is 5.69 Å². The summed E-state index contributed by atoms with van der Waals surface area (Å²) < 4.78 is 40.1. The summed E-state index contributed by atoms with van der Waals surface area (Å²) in [7, 11) is 0. The molecule has 1 saturated heterocycles. The summed E-state index contributed by atoms with van der Waals surface area (Å²) in [5, 5.41) is 4.07. The Morgan fingerprint density at radius 1 is 1.33 bits per heavy atom. The number of carbonyl (C=O) groups excluding carboxylic acids is 1. The summed E-state index contributed by atoms with van der Waals surface area (Å²) in [5.41, 5.74) is 4.37. The molecule has 1 unspecified atom stereocenters. The first-order valence-electron chi connectivity index (χ1n) is 8.48. The molecule has 9 heteroatoms. The molecule has 6 nitrogen and oxygen atoms in total. The van der Waals surface area contributed by atoms with Crippen molar-refractivity contribution >= 4 is 5.91 Å². The minimum atomic E-state index is -4.51. The van der Waals surface area contributed by atoms with Crippen molar-refractivity contribution in [1.82, 2.24) is 14.7 Å². The van der Waals surface area contributed by atoms with E-state index in [1.807, 2.05) is 0 Å². The van der Waals surface area contributed by atoms with Crippen molar-refractivity contribution in [1.29, 1.82) is 0 Å². The monoisotopic (exact) mass is 380 g/mol. The number of nitrogens with two attached hydrogens (primary N) is 1. The van der Waals surface area contributed by atoms with Crippen LogP contribution in [0.15, 0.2) is 35.1 Å². The van der Waals surface area contributed by atoms with Gasteiger partial charge in [0.25, 0.3) is 5.91 Å². The number of hydrogen-bond donors (Lipinski definition) is 1. The fourth-order valence-corrected chi connectivity index (χ4v) is 3.13. The van der Waals surface area contributed by atoms with Crippen molar-refractivity contribution < 1.29 is 18.0 Å². The maximum atomic E-state index is 13.0. The molecule has 1 amide bonds. The Labute approximate surface area is 153 Å². The molecule has 1 atom stereocenters. The lowest BCUT2D eigenvalue weighted by molar-refractivity contribution is -0.137. The number of halogens is 3. The van der Waals surface area contributed by atoms with Crippen LogP contribution in [0.1, 0.15) is 28.2 Å². The summed E-state index contributed by atoms with van der Waals surface area (Å²) in [5.74, 6) is -0.359. The van der Waals surface area contributed by atoms with E-state index in [1.165, 1.54) is 27.8 Å². The van der Waals surface area contributed by atoms with Crippen LogP contribution in [0.5, 0.6) is 0 Å². The Balaban J connectivity index is 2.00. The summed E-state index contributed by atoms with van der Waals surface area (Å²) in [6, 6.07) is 5.78. The van der Waals surface area contributed by atoms with Crippen LogP contribution in [-0.4, -0.2) is 40.2 Å². The van der Waals surface area contributed by atoms with Crippen molar-refractivity contribution in [3.05, 3.63) is 57.5 Å². The lowest BCUT2D eigenvalue weighted by Gasteiger charge is -2.17. The highest BCUT2D eigenvalue weighted by Gasteiger charge is 2.31. The molecule has 1 aliphatic rings. The van der Waals surface area contributed by atoms with E-state index in [4.69, 9.17) is 5.73 Å². The number of aromatic nitrogens is 2. The number of alkyl halides is 3. The van der Waals surface area contributed by atoms with Gasteiger partial charge in [-0.05, 0) is 44.0 Å². The van der Waals surface area contributed by atoms with Gasteiger partial charge < -0.3 is 10.6 Å². The molecule has 1 fully saturated rings. The Kier molecular flexibility index (Phi) is 5.05. The van der Waals surface area contributed by atoms with E-state index in [0.29, 0.717) is 25.3 Å². The molecule has 0 radical (unpaired) electrons. The highest BCUT2D eigenvalue weighted by molar-refractivity contribution is 5.92. The summed E-state index contributed by atoms with van der Waals surface area (Å²) in [6.07, 6.45) is -3.76. The topological polar surface area (TPSA) is 81.2 Å². The van der Waals surface area contributed by atoms with Gasteiger partial charge in [-0.1, -0.05) is 6.07 Å². The van der Waals surface area contributed by atoms with E-state index >= 15 is 0 Å². The van der Waals surface area contributed by atoms with Gasteiger partial charge in [-0.15, -0.1) is 0 Å². The number of benzene rings is 1. The van der Waals surface area contributed by atoms with Crippen LogP contribution >= 0.6 is 0 Å². The van der Waals surface area contributed by atoms with Crippen LogP contribution in [0, 0.1) is 12.8 Å². The molecule has 144 valence electrons. The second-order valence-corrected chi connectivity index (χ2v) is 6.60. The van der Waals surface area contributed by atoms with E-state index in [0.717, 1.165) is 18.6 Å². The van der Waals surface area contributed by atoms with Gasteiger partial charge >= 0.3 is 6.18 Å². The molecule has 3 rings (SSSR count). The average Bonchev–Trinajstić information content (AvgIpc) is 3.10. The maximum Gasteiger partial charge on any atom is 0.416 e. The standard InChI is InChI=1S/C18H19F3N4O2/c1-11-7-15(26)16(17(27)24-6-5-12(9-22)10-24)23-25(11)14-4-2-3-13(8-14)18(19,20)21/h2-4,7-8,12H,5-6,9-10,22H2,1H3. The normalized spacial score (nSPS) is 17.4. The van der Waals surface area contributed by atoms with Crippen molar-refractivity contribution in [3.63, 3.8) is 0 Å². The summed E-state index contributed by atoms with van der Waals surface area (Å²) >= 11 is 0. The van der Waals surface area contributed by atoms with Gasteiger partial charge in [0, 0.05) is 24.8 Å². The Morgan fingerprint density at radius 3 is 2.70 bits per heavy atom. The Morgan fingerprint density at radius 2 is 2.07 bits per heavy atom. The molecule has 1 aromatic heterocycles. The zero-order chi connectivity index (χ0) is 19.8. The predicted molar refractivity (Wildman–Crippen MR) is 92.6 cm³/mol. The van der Waals surface area contributed by atoms with Crippen molar-refractivity contribution in [2.75, 3.05) is 19.6 Å². The number of rotatable bonds is 3. The zero-order valence-electron chi connectivity index (χ0n) is 14.7. The SMILES string of the molecule is Cc1cc(=O)c(C(=O)N2CCC(CN)C2)nn1-c1cccc(C(F)(F)F)c1. The number of amides is 1. The summed E-state index contributed by atoms with van der Waals surface area (Å²) in [6.45, 7) is 2.90. The Bertz CT molecular complexity index is 924. The second-order valence-electron chi connectivity index (χ2n) is 6.60. The Hall–Kier alpha value is -2.68. The molecule has 27 heavy (non-hydrogen) atoms. The van der Waals surface area contributed by atoms with Gasteiger partial charge in [0.1, 0.15) is 0 Å². The second kappa shape index (κ2) is 7.15. The fourth-order valence-electron chi connectivity index (χ4n) is 3.13. The van der Waals surface area contributed by atoms with Crippen molar-refractivity contribution in [3.8, 4) is 5.69 Å². The van der Waals surface area contributed by atoms with Gasteiger partial charge in [-0.25, -0.2) is 4.68 Å². The largest absolute Gasteiger partial charge is 0.416 e. The van der Waals surface area contributed by atoms with E-state index in [-0.39, 0.29) is 17.3 Å². The van der Waals surface area contributed by atoms with Crippen LogP contribution in [-0.2, 0) is 6.18 Å². The quantitative estimate of drug-likeness (QED) is 0.883. The minimum Gasteiger partial charge on any atom is -0.337 e. The van der Waals surface area contributed by atoms with Gasteiger partial charge in [0.05, 0.1) is 11.3 Å². The number of hydrogen-bond acceptors (Lipinski definition) is 4. The van der Waals surface area contributed by atoms with Crippen LogP contribution in [0.2, 0.25) is 0 Å². The van der Waals surface area contributed by atoms with Crippen LogP contribution < -0.4 is 11.2 Å². The molecule has 2 heterocycles. The highest BCUT2D eigenvalue weighted by Crippen LogP contribution is 2.30. The molecule has 2 N–H and O–H groups in total. The molecular formula is C18H19F3N4O2. The van der Waals surface area contributed by atoms with Crippen LogP contribution in [0.25, 0.3) is 5.69 Å². The lowest BCUT2D eigenvalue weighted by atomic mass is 10.1. The molecular weight excluding hydrogens is 361 g/mol. The van der Waals surface area contributed by atoms with Crippen LogP contribution in [0.3, 0.4) is 0 Å². The predicted octanol–water partition coefficient (Wildman–Crippen LogP) is 1.98. The van der Waals surface area contributed by atoms with Crippen molar-refractivity contribution in [2.45, 2.75) is 19.5 Å². The molecule has 0 spiro atoms.